The van der Waals surface area contributed by atoms with E-state index in [-0.39, 0.29) is 18.6 Å². The summed E-state index contributed by atoms with van der Waals surface area (Å²) in [5, 5.41) is 8.76. The van der Waals surface area contributed by atoms with Gasteiger partial charge in [-0.3, -0.25) is 4.79 Å². The maximum absolute atomic E-state index is 12.0. The SMILES string of the molecule is CC(C)CN(C)C(=O)N(CC(=O)O)C1CC1. The van der Waals surface area contributed by atoms with Crippen LogP contribution < -0.4 is 0 Å². The zero-order valence-electron chi connectivity index (χ0n) is 10.1. The molecule has 0 atom stereocenters. The van der Waals surface area contributed by atoms with Crippen molar-refractivity contribution in [2.75, 3.05) is 20.1 Å². The quantitative estimate of drug-likeness (QED) is 0.770. The Bertz CT molecular complexity index is 274. The minimum Gasteiger partial charge on any atom is -0.480 e. The van der Waals surface area contributed by atoms with Crippen LogP contribution in [0, 0.1) is 5.92 Å². The van der Waals surface area contributed by atoms with Crippen molar-refractivity contribution in [2.45, 2.75) is 32.7 Å². The lowest BCUT2D eigenvalue weighted by atomic mass is 10.2. The molecule has 0 unspecified atom stereocenters. The maximum Gasteiger partial charge on any atom is 0.323 e. The number of carboxylic acid groups (broad SMARTS) is 1. The van der Waals surface area contributed by atoms with E-state index < -0.39 is 5.97 Å². The van der Waals surface area contributed by atoms with E-state index in [9.17, 15) is 9.59 Å². The monoisotopic (exact) mass is 228 g/mol. The maximum atomic E-state index is 12.0. The summed E-state index contributed by atoms with van der Waals surface area (Å²) in [5.41, 5.74) is 0. The third-order valence-corrected chi connectivity index (χ3v) is 2.50. The fraction of sp³-hybridized carbons (Fsp3) is 0.818. The standard InChI is InChI=1S/C11H20N2O3/c1-8(2)6-12(3)11(16)13(7-10(14)15)9-4-5-9/h8-9H,4-7H2,1-3H3,(H,14,15). The highest BCUT2D eigenvalue weighted by Crippen LogP contribution is 2.27. The van der Waals surface area contributed by atoms with Crippen LogP contribution in [0.1, 0.15) is 26.7 Å². The van der Waals surface area contributed by atoms with Crippen molar-refractivity contribution in [1.29, 1.82) is 0 Å². The van der Waals surface area contributed by atoms with Gasteiger partial charge in [0.2, 0.25) is 0 Å². The summed E-state index contributed by atoms with van der Waals surface area (Å²) in [5.74, 6) is -0.557. The first-order valence-electron chi connectivity index (χ1n) is 5.65. The van der Waals surface area contributed by atoms with Gasteiger partial charge in [-0.15, -0.1) is 0 Å². The topological polar surface area (TPSA) is 60.9 Å². The van der Waals surface area contributed by atoms with Gasteiger partial charge < -0.3 is 14.9 Å². The van der Waals surface area contributed by atoms with E-state index in [0.717, 1.165) is 12.8 Å². The third kappa shape index (κ3) is 3.72. The molecule has 92 valence electrons. The highest BCUT2D eigenvalue weighted by molar-refractivity contribution is 5.80. The summed E-state index contributed by atoms with van der Waals surface area (Å²) < 4.78 is 0. The third-order valence-electron chi connectivity index (χ3n) is 2.50. The number of hydrogen-bond donors (Lipinski definition) is 1. The molecule has 0 radical (unpaired) electrons. The molecule has 2 amide bonds. The van der Waals surface area contributed by atoms with Crippen LogP contribution in [-0.4, -0.2) is 53.1 Å². The van der Waals surface area contributed by atoms with Crippen molar-refractivity contribution in [2.24, 2.45) is 5.92 Å². The Labute approximate surface area is 96.0 Å². The van der Waals surface area contributed by atoms with Gasteiger partial charge in [-0.05, 0) is 18.8 Å². The molecule has 0 spiro atoms. The number of nitrogens with zero attached hydrogens (tertiary/aromatic N) is 2. The van der Waals surface area contributed by atoms with Crippen molar-refractivity contribution >= 4 is 12.0 Å². The fourth-order valence-corrected chi connectivity index (χ4v) is 1.73. The molecule has 0 aromatic rings. The first-order valence-corrected chi connectivity index (χ1v) is 5.65. The molecule has 0 aromatic heterocycles. The summed E-state index contributed by atoms with van der Waals surface area (Å²) >= 11 is 0. The first kappa shape index (κ1) is 12.8. The molecular formula is C11H20N2O3. The van der Waals surface area contributed by atoms with Gasteiger partial charge in [0.15, 0.2) is 0 Å². The average molecular weight is 228 g/mol. The summed E-state index contributed by atoms with van der Waals surface area (Å²) in [6.07, 6.45) is 1.85. The molecule has 5 nitrogen and oxygen atoms in total. The highest BCUT2D eigenvalue weighted by Gasteiger charge is 2.35. The molecule has 0 bridgehead atoms. The highest BCUT2D eigenvalue weighted by atomic mass is 16.4. The summed E-state index contributed by atoms with van der Waals surface area (Å²) in [4.78, 5) is 25.7. The Balaban J connectivity index is 2.56. The Morgan fingerprint density at radius 2 is 1.94 bits per heavy atom. The number of carbonyl (C=O) groups is 2. The second-order valence-electron chi connectivity index (χ2n) is 4.81. The van der Waals surface area contributed by atoms with E-state index in [1.54, 1.807) is 11.9 Å². The average Bonchev–Trinajstić information content (AvgIpc) is 2.94. The van der Waals surface area contributed by atoms with Gasteiger partial charge in [0.05, 0.1) is 0 Å². The van der Waals surface area contributed by atoms with Crippen molar-refractivity contribution in [1.82, 2.24) is 9.80 Å². The van der Waals surface area contributed by atoms with Crippen LogP contribution in [0.3, 0.4) is 0 Å². The molecule has 1 aliphatic carbocycles. The van der Waals surface area contributed by atoms with E-state index >= 15 is 0 Å². The van der Waals surface area contributed by atoms with Crippen LogP contribution in [-0.2, 0) is 4.79 Å². The smallest absolute Gasteiger partial charge is 0.323 e. The molecular weight excluding hydrogens is 208 g/mol. The van der Waals surface area contributed by atoms with E-state index in [2.05, 4.69) is 0 Å². The van der Waals surface area contributed by atoms with E-state index in [1.807, 2.05) is 13.8 Å². The van der Waals surface area contributed by atoms with Gasteiger partial charge in [0.25, 0.3) is 0 Å². The largest absolute Gasteiger partial charge is 0.480 e. The molecule has 0 heterocycles. The zero-order valence-corrected chi connectivity index (χ0v) is 10.1. The Morgan fingerprint density at radius 3 is 2.31 bits per heavy atom. The predicted octanol–water partition coefficient (Wildman–Crippen LogP) is 1.24. The molecule has 5 heteroatoms. The number of amides is 2. The Hall–Kier alpha value is -1.26. The van der Waals surface area contributed by atoms with E-state index in [0.29, 0.717) is 12.5 Å². The number of urea groups is 1. The summed E-state index contributed by atoms with van der Waals surface area (Å²) in [7, 11) is 1.72. The Kier molecular flexibility index (Phi) is 4.15. The second kappa shape index (κ2) is 5.18. The minimum absolute atomic E-state index is 0.137. The lowest BCUT2D eigenvalue weighted by Gasteiger charge is -2.28. The first-order chi connectivity index (χ1) is 7.41. The molecule has 1 fully saturated rings. The molecule has 1 N–H and O–H groups in total. The van der Waals surface area contributed by atoms with Gasteiger partial charge in [0.1, 0.15) is 6.54 Å². The second-order valence-corrected chi connectivity index (χ2v) is 4.81. The van der Waals surface area contributed by atoms with Crippen molar-refractivity contribution in [3.05, 3.63) is 0 Å². The van der Waals surface area contributed by atoms with Gasteiger partial charge in [-0.1, -0.05) is 13.8 Å². The van der Waals surface area contributed by atoms with Gasteiger partial charge >= 0.3 is 12.0 Å². The minimum atomic E-state index is -0.946. The van der Waals surface area contributed by atoms with Crippen molar-refractivity contribution in [3.63, 3.8) is 0 Å². The van der Waals surface area contributed by atoms with Gasteiger partial charge in [-0.2, -0.15) is 0 Å². The summed E-state index contributed by atoms with van der Waals surface area (Å²) in [6.45, 7) is 4.53. The normalized spacial score (nSPS) is 15.0. The number of carbonyl (C=O) groups excluding carboxylic acids is 1. The van der Waals surface area contributed by atoms with Crippen LogP contribution >= 0.6 is 0 Å². The zero-order chi connectivity index (χ0) is 12.3. The van der Waals surface area contributed by atoms with Crippen LogP contribution in [0.5, 0.6) is 0 Å². The molecule has 0 saturated heterocycles. The lowest BCUT2D eigenvalue weighted by molar-refractivity contribution is -0.137. The predicted molar refractivity (Wildman–Crippen MR) is 60.2 cm³/mol. The lowest BCUT2D eigenvalue weighted by Crippen LogP contribution is -2.45. The van der Waals surface area contributed by atoms with Gasteiger partial charge in [0, 0.05) is 19.6 Å². The number of aliphatic carboxylic acids is 1. The van der Waals surface area contributed by atoms with Crippen LogP contribution in [0.4, 0.5) is 4.79 Å². The van der Waals surface area contributed by atoms with Crippen LogP contribution in [0.15, 0.2) is 0 Å². The molecule has 1 rings (SSSR count). The molecule has 0 aliphatic heterocycles. The van der Waals surface area contributed by atoms with Gasteiger partial charge in [-0.25, -0.2) is 4.79 Å². The number of rotatable bonds is 5. The van der Waals surface area contributed by atoms with Crippen molar-refractivity contribution < 1.29 is 14.7 Å². The molecule has 1 saturated carbocycles. The van der Waals surface area contributed by atoms with Crippen LogP contribution in [0.2, 0.25) is 0 Å². The Morgan fingerprint density at radius 1 is 1.38 bits per heavy atom. The van der Waals surface area contributed by atoms with Crippen molar-refractivity contribution in [3.8, 4) is 0 Å². The summed E-state index contributed by atoms with van der Waals surface area (Å²) in [6, 6.07) is -0.0307. The number of carboxylic acids is 1. The molecule has 16 heavy (non-hydrogen) atoms. The van der Waals surface area contributed by atoms with Crippen LogP contribution in [0.25, 0.3) is 0 Å². The van der Waals surface area contributed by atoms with E-state index in [4.69, 9.17) is 5.11 Å². The molecule has 1 aliphatic rings. The fourth-order valence-electron chi connectivity index (χ4n) is 1.73. The molecule has 0 aromatic carbocycles. The van der Waals surface area contributed by atoms with E-state index in [1.165, 1.54) is 4.90 Å². The number of hydrogen-bond acceptors (Lipinski definition) is 2.